The first-order valence-electron chi connectivity index (χ1n) is 12.7. The molecule has 6 heteroatoms. The number of nitrogens with zero attached hydrogens (tertiary/aromatic N) is 3. The Morgan fingerprint density at radius 2 is 1.48 bits per heavy atom. The van der Waals surface area contributed by atoms with Crippen LogP contribution in [0.15, 0.2) is 128 Å². The molecule has 0 radical (unpaired) electrons. The molecule has 0 atom stereocenters. The summed E-state index contributed by atoms with van der Waals surface area (Å²) in [6, 6.07) is 42.7. The van der Waals surface area contributed by atoms with Gasteiger partial charge in [0.05, 0.1) is 11.2 Å². The van der Waals surface area contributed by atoms with Gasteiger partial charge >= 0.3 is 0 Å². The number of hydrogen-bond donors (Lipinski definition) is 1. The van der Waals surface area contributed by atoms with Crippen LogP contribution in [0.3, 0.4) is 0 Å². The molecule has 4 aromatic carbocycles. The number of hydrogen-bond acceptors (Lipinski definition) is 4. The maximum Gasteiger partial charge on any atom is 0.217 e. The molecule has 1 N–H and O–H groups in total. The van der Waals surface area contributed by atoms with Gasteiger partial charge in [-0.3, -0.25) is 9.55 Å². The molecule has 7 rings (SSSR count). The third kappa shape index (κ3) is 4.65. The van der Waals surface area contributed by atoms with E-state index in [0.29, 0.717) is 17.3 Å². The van der Waals surface area contributed by atoms with Crippen molar-refractivity contribution < 1.29 is 30.9 Å². The average Bonchev–Trinajstić information content (AvgIpc) is 3.32. The molecule has 7 aromatic rings. The molecule has 3 heterocycles. The number of phenols is 1. The van der Waals surface area contributed by atoms with E-state index in [1.165, 1.54) is 0 Å². The first-order chi connectivity index (χ1) is 19.2. The number of rotatable bonds is 5. The molecule has 0 bridgehead atoms. The molecular weight excluding hydrogens is 677 g/mol. The van der Waals surface area contributed by atoms with Gasteiger partial charge in [-0.25, -0.2) is 4.98 Å². The van der Waals surface area contributed by atoms with Crippen molar-refractivity contribution in [2.24, 2.45) is 0 Å². The summed E-state index contributed by atoms with van der Waals surface area (Å²) in [4.78, 5) is 9.45. The molecule has 0 aliphatic carbocycles. The zero-order valence-electron chi connectivity index (χ0n) is 21.1. The van der Waals surface area contributed by atoms with Gasteiger partial charge in [0.2, 0.25) is 5.88 Å². The SMILES string of the molecule is Oc1ccccc1-n1c2ccccc2c2ccc(-c3[c-]c(Oc4ccccn4)cc(-c4ccccc4)c3)nc21.[Pt]. The summed E-state index contributed by atoms with van der Waals surface area (Å²) in [5.41, 5.74) is 5.97. The summed E-state index contributed by atoms with van der Waals surface area (Å²) < 4.78 is 8.12. The van der Waals surface area contributed by atoms with Gasteiger partial charge in [0.25, 0.3) is 0 Å². The van der Waals surface area contributed by atoms with E-state index in [-0.39, 0.29) is 26.8 Å². The second-order valence-electron chi connectivity index (χ2n) is 9.19. The Balaban J connectivity index is 0.00000289. The smallest absolute Gasteiger partial charge is 0.217 e. The van der Waals surface area contributed by atoms with E-state index in [4.69, 9.17) is 9.72 Å². The Bertz CT molecular complexity index is 1950. The molecule has 0 saturated carbocycles. The molecule has 0 spiro atoms. The third-order valence-corrected chi connectivity index (χ3v) is 6.72. The summed E-state index contributed by atoms with van der Waals surface area (Å²) in [7, 11) is 0. The van der Waals surface area contributed by atoms with E-state index in [1.807, 2.05) is 89.5 Å². The minimum atomic E-state index is 0. The fourth-order valence-corrected chi connectivity index (χ4v) is 4.94. The molecule has 3 aromatic heterocycles. The summed E-state index contributed by atoms with van der Waals surface area (Å²) in [6.45, 7) is 0. The summed E-state index contributed by atoms with van der Waals surface area (Å²) >= 11 is 0. The van der Waals surface area contributed by atoms with Crippen molar-refractivity contribution in [2.45, 2.75) is 0 Å². The van der Waals surface area contributed by atoms with Crippen molar-refractivity contribution in [3.8, 4) is 45.5 Å². The van der Waals surface area contributed by atoms with Crippen LogP contribution in [-0.2, 0) is 21.1 Å². The van der Waals surface area contributed by atoms with Gasteiger partial charge < -0.3 is 9.84 Å². The Morgan fingerprint density at radius 1 is 0.700 bits per heavy atom. The van der Waals surface area contributed by atoms with E-state index >= 15 is 0 Å². The second-order valence-corrected chi connectivity index (χ2v) is 9.19. The molecule has 0 aliphatic rings. The molecule has 5 nitrogen and oxygen atoms in total. The molecule has 0 saturated heterocycles. The zero-order chi connectivity index (χ0) is 26.2. The van der Waals surface area contributed by atoms with Crippen LogP contribution in [0.1, 0.15) is 0 Å². The topological polar surface area (TPSA) is 60.2 Å². The Kier molecular flexibility index (Phi) is 6.89. The monoisotopic (exact) mass is 699 g/mol. The van der Waals surface area contributed by atoms with Crippen molar-refractivity contribution in [2.75, 3.05) is 0 Å². The van der Waals surface area contributed by atoms with E-state index in [2.05, 4.69) is 41.4 Å². The molecular formula is C34H22N3O2Pt-. The van der Waals surface area contributed by atoms with Gasteiger partial charge in [0, 0.05) is 49.9 Å². The molecule has 0 fully saturated rings. The fraction of sp³-hybridized carbons (Fsp3) is 0. The van der Waals surface area contributed by atoms with Crippen LogP contribution in [0.2, 0.25) is 0 Å². The largest absolute Gasteiger partial charge is 0.506 e. The Hall–Kier alpha value is -4.73. The molecule has 40 heavy (non-hydrogen) atoms. The van der Waals surface area contributed by atoms with Gasteiger partial charge in [0.1, 0.15) is 11.4 Å². The number of pyridine rings is 2. The standard InChI is InChI=1S/C34H22N3O2.Pt/c38-32-15-7-6-14-31(32)37-30-13-5-4-12-27(30)28-17-18-29(36-34(28)37)25-20-24(23-10-2-1-3-11-23)21-26(22-25)39-33-16-8-9-19-35-33;/h1-21,38H;/q-1;. The van der Waals surface area contributed by atoms with Crippen molar-refractivity contribution >= 4 is 21.9 Å². The maximum atomic E-state index is 10.7. The van der Waals surface area contributed by atoms with E-state index in [9.17, 15) is 5.11 Å². The predicted molar refractivity (Wildman–Crippen MR) is 154 cm³/mol. The van der Waals surface area contributed by atoms with E-state index in [1.54, 1.807) is 12.3 Å². The second kappa shape index (κ2) is 10.8. The normalized spacial score (nSPS) is 10.9. The van der Waals surface area contributed by atoms with Crippen LogP contribution in [0.5, 0.6) is 17.4 Å². The Morgan fingerprint density at radius 3 is 2.30 bits per heavy atom. The number of aromatic hydroxyl groups is 1. The number of phenolic OH excluding ortho intramolecular Hbond substituents is 1. The van der Waals surface area contributed by atoms with Crippen LogP contribution < -0.4 is 4.74 Å². The van der Waals surface area contributed by atoms with Crippen LogP contribution >= 0.6 is 0 Å². The van der Waals surface area contributed by atoms with Crippen LogP contribution in [0.25, 0.3) is 50.0 Å². The van der Waals surface area contributed by atoms with Crippen molar-refractivity contribution in [1.82, 2.24) is 14.5 Å². The van der Waals surface area contributed by atoms with E-state index in [0.717, 1.165) is 44.3 Å². The quantitative estimate of drug-likeness (QED) is 0.184. The molecule has 0 unspecified atom stereocenters. The number of fused-ring (bicyclic) bond motifs is 3. The van der Waals surface area contributed by atoms with Crippen LogP contribution in [-0.4, -0.2) is 19.6 Å². The maximum absolute atomic E-state index is 10.7. The average molecular weight is 700 g/mol. The minimum absolute atomic E-state index is 0. The van der Waals surface area contributed by atoms with Gasteiger partial charge in [-0.05, 0) is 35.5 Å². The number of aromatic nitrogens is 3. The zero-order valence-corrected chi connectivity index (χ0v) is 23.4. The third-order valence-electron chi connectivity index (χ3n) is 6.72. The van der Waals surface area contributed by atoms with Gasteiger partial charge in [-0.2, -0.15) is 0 Å². The van der Waals surface area contributed by atoms with Crippen molar-refractivity contribution in [3.63, 3.8) is 0 Å². The summed E-state index contributed by atoms with van der Waals surface area (Å²) in [5.74, 6) is 1.23. The van der Waals surface area contributed by atoms with Crippen LogP contribution in [0.4, 0.5) is 0 Å². The van der Waals surface area contributed by atoms with E-state index < -0.39 is 0 Å². The first kappa shape index (κ1) is 25.5. The number of para-hydroxylation sites is 3. The molecule has 0 amide bonds. The minimum Gasteiger partial charge on any atom is -0.506 e. The van der Waals surface area contributed by atoms with Crippen molar-refractivity contribution in [1.29, 1.82) is 0 Å². The Labute approximate surface area is 245 Å². The van der Waals surface area contributed by atoms with Crippen LogP contribution in [0, 0.1) is 6.07 Å². The number of benzene rings is 4. The molecule has 196 valence electrons. The molecule has 0 aliphatic heterocycles. The van der Waals surface area contributed by atoms with Crippen molar-refractivity contribution in [3.05, 3.63) is 134 Å². The fourth-order valence-electron chi connectivity index (χ4n) is 4.94. The number of ether oxygens (including phenoxy) is 1. The summed E-state index contributed by atoms with van der Waals surface area (Å²) in [5, 5.41) is 12.8. The van der Waals surface area contributed by atoms with Gasteiger partial charge in [-0.15, -0.1) is 11.6 Å². The van der Waals surface area contributed by atoms with Gasteiger partial charge in [0.15, 0.2) is 0 Å². The first-order valence-corrected chi connectivity index (χ1v) is 12.7. The predicted octanol–water partition coefficient (Wildman–Crippen LogP) is 8.20. The summed E-state index contributed by atoms with van der Waals surface area (Å²) in [6.07, 6.45) is 1.70. The van der Waals surface area contributed by atoms with Gasteiger partial charge in [-0.1, -0.05) is 96.6 Å².